The molecule has 0 radical (unpaired) electrons. The fourth-order valence-electron chi connectivity index (χ4n) is 7.88. The molecular weight excluding hydrogens is 581 g/mol. The first-order chi connectivity index (χ1) is 23.7. The molecule has 230 valence electrons. The van der Waals surface area contributed by atoms with Crippen LogP contribution in [0.25, 0.3) is 0 Å². The quantitative estimate of drug-likeness (QED) is 0.178. The smallest absolute Gasteiger partial charge is 0.252 e. The molecule has 0 bridgehead atoms. The third-order valence-electron chi connectivity index (χ3n) is 10.0. The number of nitrogens with zero attached hydrogens (tertiary/aromatic N) is 3. The lowest BCUT2D eigenvalue weighted by molar-refractivity contribution is 0.696. The van der Waals surface area contributed by atoms with Gasteiger partial charge in [0.25, 0.3) is 6.71 Å². The van der Waals surface area contributed by atoms with Crippen molar-refractivity contribution in [2.45, 2.75) is 20.3 Å². The maximum atomic E-state index is 2.53. The summed E-state index contributed by atoms with van der Waals surface area (Å²) in [6, 6.07) is 53.4. The molecule has 4 heteroatoms. The molecule has 0 N–H and O–H groups in total. The van der Waals surface area contributed by atoms with Gasteiger partial charge in [-0.05, 0) is 108 Å². The molecular formula is C44H36BN3. The highest BCUT2D eigenvalue weighted by Crippen LogP contribution is 2.45. The molecule has 48 heavy (non-hydrogen) atoms. The predicted octanol–water partition coefficient (Wildman–Crippen LogP) is 9.70. The molecule has 1 atom stereocenters. The first-order valence-corrected chi connectivity index (χ1v) is 17.0. The van der Waals surface area contributed by atoms with Crippen molar-refractivity contribution >= 4 is 68.6 Å². The molecule has 3 nitrogen and oxygen atoms in total. The second-order valence-electron chi connectivity index (χ2n) is 13.2. The summed E-state index contributed by atoms with van der Waals surface area (Å²) < 4.78 is 0. The molecule has 2 aliphatic heterocycles. The molecule has 9 rings (SSSR count). The maximum absolute atomic E-state index is 2.53. The van der Waals surface area contributed by atoms with Crippen molar-refractivity contribution in [1.82, 2.24) is 0 Å². The van der Waals surface area contributed by atoms with Crippen molar-refractivity contribution in [3.8, 4) is 0 Å². The first-order valence-electron chi connectivity index (χ1n) is 17.0. The normalized spacial score (nSPS) is 15.8. The van der Waals surface area contributed by atoms with E-state index in [0.717, 1.165) is 29.2 Å². The number of allylic oxidation sites excluding steroid dienone is 4. The Morgan fingerprint density at radius 1 is 0.583 bits per heavy atom. The van der Waals surface area contributed by atoms with Crippen LogP contribution in [0.15, 0.2) is 170 Å². The Morgan fingerprint density at radius 2 is 1.21 bits per heavy atom. The van der Waals surface area contributed by atoms with Gasteiger partial charge in [0.2, 0.25) is 0 Å². The second-order valence-corrected chi connectivity index (χ2v) is 13.2. The molecule has 0 saturated carbocycles. The lowest BCUT2D eigenvalue weighted by Crippen LogP contribution is -2.61. The van der Waals surface area contributed by atoms with Crippen LogP contribution in [0.3, 0.4) is 0 Å². The summed E-state index contributed by atoms with van der Waals surface area (Å²) in [6.45, 7) is 4.57. The van der Waals surface area contributed by atoms with Gasteiger partial charge in [-0.3, -0.25) is 0 Å². The van der Waals surface area contributed by atoms with Crippen molar-refractivity contribution < 1.29 is 0 Å². The van der Waals surface area contributed by atoms with Crippen LogP contribution in [-0.2, 0) is 0 Å². The minimum Gasteiger partial charge on any atom is -0.315 e. The number of benzene rings is 6. The zero-order valence-electron chi connectivity index (χ0n) is 27.3. The molecule has 0 fully saturated rings. The monoisotopic (exact) mass is 617 g/mol. The number of rotatable bonds is 5. The molecule has 0 spiro atoms. The zero-order chi connectivity index (χ0) is 32.2. The van der Waals surface area contributed by atoms with Gasteiger partial charge in [0.15, 0.2) is 0 Å². The van der Waals surface area contributed by atoms with Crippen LogP contribution in [-0.4, -0.2) is 6.71 Å². The summed E-state index contributed by atoms with van der Waals surface area (Å²) in [5, 5.41) is 0. The van der Waals surface area contributed by atoms with Gasteiger partial charge in [0.05, 0.1) is 0 Å². The average molecular weight is 618 g/mol. The summed E-state index contributed by atoms with van der Waals surface area (Å²) in [6.07, 6.45) is 7.85. The number of hydrogen-bond donors (Lipinski definition) is 0. The average Bonchev–Trinajstić information content (AvgIpc) is 3.13. The Morgan fingerprint density at radius 3 is 1.92 bits per heavy atom. The van der Waals surface area contributed by atoms with Gasteiger partial charge >= 0.3 is 0 Å². The van der Waals surface area contributed by atoms with Crippen LogP contribution in [0.4, 0.5) is 45.5 Å². The number of hydrogen-bond acceptors (Lipinski definition) is 3. The fourth-order valence-corrected chi connectivity index (χ4v) is 7.88. The van der Waals surface area contributed by atoms with E-state index in [1.165, 1.54) is 50.4 Å². The summed E-state index contributed by atoms with van der Waals surface area (Å²) >= 11 is 0. The van der Waals surface area contributed by atoms with Crippen LogP contribution in [0.2, 0.25) is 0 Å². The van der Waals surface area contributed by atoms with Gasteiger partial charge in [-0.25, -0.2) is 0 Å². The summed E-state index contributed by atoms with van der Waals surface area (Å²) in [5.74, 6) is 0.495. The lowest BCUT2D eigenvalue weighted by atomic mass is 9.33. The molecule has 1 aliphatic carbocycles. The molecule has 6 aromatic rings. The van der Waals surface area contributed by atoms with Gasteiger partial charge in [-0.2, -0.15) is 0 Å². The zero-order valence-corrected chi connectivity index (χ0v) is 27.3. The molecule has 2 heterocycles. The van der Waals surface area contributed by atoms with E-state index in [1.54, 1.807) is 0 Å². The Bertz CT molecular complexity index is 2170. The van der Waals surface area contributed by atoms with Gasteiger partial charge in [-0.1, -0.05) is 104 Å². The third kappa shape index (κ3) is 4.59. The summed E-state index contributed by atoms with van der Waals surface area (Å²) in [5.41, 5.74) is 16.2. The van der Waals surface area contributed by atoms with Crippen LogP contribution >= 0.6 is 0 Å². The molecule has 3 aliphatic rings. The van der Waals surface area contributed by atoms with E-state index in [4.69, 9.17) is 0 Å². The van der Waals surface area contributed by atoms with E-state index < -0.39 is 0 Å². The van der Waals surface area contributed by atoms with Crippen molar-refractivity contribution in [1.29, 1.82) is 0 Å². The van der Waals surface area contributed by atoms with Crippen LogP contribution < -0.4 is 31.1 Å². The predicted molar refractivity (Wildman–Crippen MR) is 205 cm³/mol. The number of para-hydroxylation sites is 3. The molecule has 6 aromatic carbocycles. The van der Waals surface area contributed by atoms with Crippen molar-refractivity contribution in [3.05, 3.63) is 175 Å². The van der Waals surface area contributed by atoms with E-state index in [0.29, 0.717) is 5.92 Å². The number of fused-ring (bicyclic) bond motifs is 4. The fraction of sp³-hybridized carbons (Fsp3) is 0.0909. The minimum absolute atomic E-state index is 0.105. The van der Waals surface area contributed by atoms with Gasteiger partial charge in [0, 0.05) is 51.2 Å². The highest BCUT2D eigenvalue weighted by Gasteiger charge is 2.43. The maximum Gasteiger partial charge on any atom is 0.252 e. The Labute approximate surface area is 283 Å². The second kappa shape index (κ2) is 11.5. The molecule has 1 unspecified atom stereocenters. The summed E-state index contributed by atoms with van der Waals surface area (Å²) in [4.78, 5) is 7.38. The van der Waals surface area contributed by atoms with Crippen LogP contribution in [0, 0.1) is 12.8 Å². The van der Waals surface area contributed by atoms with Gasteiger partial charge in [0.1, 0.15) is 0 Å². The topological polar surface area (TPSA) is 9.72 Å². The summed E-state index contributed by atoms with van der Waals surface area (Å²) in [7, 11) is 0. The SMILES string of the molecule is Cc1ccc(N2c3cc(N(c4ccccc4)c4ccccc4)ccc3B3c4ccccc4N(C4=CC=CC(C)C4)c4cccc2c43)cc1. The molecule has 0 aromatic heterocycles. The number of aryl methyl sites for hydroxylation is 1. The third-order valence-corrected chi connectivity index (χ3v) is 10.0. The number of anilines is 8. The van der Waals surface area contributed by atoms with Crippen molar-refractivity contribution in [2.24, 2.45) is 5.92 Å². The highest BCUT2D eigenvalue weighted by molar-refractivity contribution is 7.00. The molecule has 0 saturated heterocycles. The van der Waals surface area contributed by atoms with Gasteiger partial charge < -0.3 is 14.7 Å². The lowest BCUT2D eigenvalue weighted by Gasteiger charge is -2.45. The highest BCUT2D eigenvalue weighted by atomic mass is 15.2. The van der Waals surface area contributed by atoms with Crippen LogP contribution in [0.1, 0.15) is 18.9 Å². The Hall–Kier alpha value is -5.74. The van der Waals surface area contributed by atoms with E-state index >= 15 is 0 Å². The van der Waals surface area contributed by atoms with E-state index in [2.05, 4.69) is 192 Å². The van der Waals surface area contributed by atoms with E-state index in [1.807, 2.05) is 0 Å². The first kappa shape index (κ1) is 28.5. The Balaban J connectivity index is 1.31. The standard InChI is InChI=1S/C44H36BN3/c1-31-23-25-35(26-24-31)47-41-21-12-22-42-44(41)45(38-19-9-10-20-40(38)48(42)36-18-11-13-32(2)29-36)39-28-27-37(30-43(39)47)46(33-14-5-3-6-15-33)34-16-7-4-8-17-34/h3-28,30,32H,29H2,1-2H3. The van der Waals surface area contributed by atoms with E-state index in [-0.39, 0.29) is 6.71 Å². The Kier molecular flexibility index (Phi) is 6.83. The van der Waals surface area contributed by atoms with E-state index in [9.17, 15) is 0 Å². The van der Waals surface area contributed by atoms with Crippen LogP contribution in [0.5, 0.6) is 0 Å². The van der Waals surface area contributed by atoms with Gasteiger partial charge in [-0.15, -0.1) is 0 Å². The van der Waals surface area contributed by atoms with Crippen molar-refractivity contribution in [2.75, 3.05) is 14.7 Å². The minimum atomic E-state index is 0.105. The largest absolute Gasteiger partial charge is 0.315 e. The van der Waals surface area contributed by atoms with Crippen molar-refractivity contribution in [3.63, 3.8) is 0 Å². The molecule has 0 amide bonds.